The Bertz CT molecular complexity index is 505. The molecular weight excluding hydrogens is 267 g/mol. The van der Waals surface area contributed by atoms with Gasteiger partial charge in [0.25, 0.3) is 0 Å². The zero-order valence-corrected chi connectivity index (χ0v) is 11.3. The summed E-state index contributed by atoms with van der Waals surface area (Å²) in [6, 6.07) is 2.57. The van der Waals surface area contributed by atoms with Crippen LogP contribution < -0.4 is 5.32 Å². The molecule has 0 radical (unpaired) electrons. The summed E-state index contributed by atoms with van der Waals surface area (Å²) < 4.78 is 13.0. The molecule has 0 heterocycles. The second kappa shape index (κ2) is 6.85. The molecule has 0 aliphatic heterocycles. The first-order valence-corrected chi connectivity index (χ1v) is 6.04. The van der Waals surface area contributed by atoms with Gasteiger partial charge in [0.05, 0.1) is 17.4 Å². The molecular formula is C13H17FN2O4. The fourth-order valence-corrected chi connectivity index (χ4v) is 1.50. The largest absolute Gasteiger partial charge is 0.478 e. The van der Waals surface area contributed by atoms with Crippen LogP contribution in [0.1, 0.15) is 23.7 Å². The van der Waals surface area contributed by atoms with Gasteiger partial charge in [-0.1, -0.05) is 0 Å². The highest BCUT2D eigenvalue weighted by atomic mass is 19.1. The van der Waals surface area contributed by atoms with Crippen molar-refractivity contribution in [2.45, 2.75) is 19.4 Å². The van der Waals surface area contributed by atoms with E-state index in [0.717, 1.165) is 12.1 Å². The molecule has 0 aliphatic carbocycles. The summed E-state index contributed by atoms with van der Waals surface area (Å²) in [4.78, 5) is 24.1. The smallest absolute Gasteiger partial charge is 0.337 e. The summed E-state index contributed by atoms with van der Waals surface area (Å²) in [5.74, 6) is -2.02. The third-order valence-corrected chi connectivity index (χ3v) is 2.68. The number of urea groups is 1. The molecule has 1 aromatic carbocycles. The van der Waals surface area contributed by atoms with E-state index in [0.29, 0.717) is 13.0 Å². The minimum absolute atomic E-state index is 0.0211. The first kappa shape index (κ1) is 15.9. The van der Waals surface area contributed by atoms with Crippen molar-refractivity contribution in [2.75, 3.05) is 18.9 Å². The molecule has 0 aliphatic rings. The average Bonchev–Trinajstić information content (AvgIpc) is 2.37. The molecule has 0 spiro atoms. The molecule has 0 saturated heterocycles. The van der Waals surface area contributed by atoms with Gasteiger partial charge < -0.3 is 20.4 Å². The van der Waals surface area contributed by atoms with E-state index >= 15 is 0 Å². The van der Waals surface area contributed by atoms with E-state index in [1.807, 2.05) is 0 Å². The van der Waals surface area contributed by atoms with Crippen LogP contribution in [0, 0.1) is 5.82 Å². The van der Waals surface area contributed by atoms with Crippen LogP contribution in [0.25, 0.3) is 0 Å². The fraction of sp³-hybridized carbons (Fsp3) is 0.385. The van der Waals surface area contributed by atoms with Crippen molar-refractivity contribution in [3.63, 3.8) is 0 Å². The van der Waals surface area contributed by atoms with E-state index in [-0.39, 0.29) is 11.3 Å². The molecule has 2 amide bonds. The maximum absolute atomic E-state index is 13.0. The van der Waals surface area contributed by atoms with Gasteiger partial charge in [0.15, 0.2) is 0 Å². The molecule has 1 aromatic rings. The molecule has 110 valence electrons. The van der Waals surface area contributed by atoms with Crippen LogP contribution in [-0.2, 0) is 0 Å². The van der Waals surface area contributed by atoms with E-state index in [1.165, 1.54) is 18.0 Å². The standard InChI is InChI=1S/C13H17FN2O4/c1-8(17)5-6-16(2)13(20)15-11-4-3-9(14)7-10(11)12(18)19/h3-4,7-8,17H,5-6H2,1-2H3,(H,15,20)(H,18,19). The monoisotopic (exact) mass is 284 g/mol. The number of nitrogens with zero attached hydrogens (tertiary/aromatic N) is 1. The number of carbonyl (C=O) groups excluding carboxylic acids is 1. The van der Waals surface area contributed by atoms with Gasteiger partial charge in [0, 0.05) is 13.6 Å². The van der Waals surface area contributed by atoms with Gasteiger partial charge in [0.2, 0.25) is 0 Å². The summed E-state index contributed by atoms with van der Waals surface area (Å²) in [6.07, 6.45) is -0.135. The number of nitrogens with one attached hydrogen (secondary N) is 1. The van der Waals surface area contributed by atoms with E-state index in [4.69, 9.17) is 10.2 Å². The van der Waals surface area contributed by atoms with Gasteiger partial charge in [-0.25, -0.2) is 14.0 Å². The fourth-order valence-electron chi connectivity index (χ4n) is 1.50. The number of benzene rings is 1. The van der Waals surface area contributed by atoms with Gasteiger partial charge in [-0.3, -0.25) is 0 Å². The Morgan fingerprint density at radius 2 is 2.10 bits per heavy atom. The number of hydrogen-bond donors (Lipinski definition) is 3. The number of anilines is 1. The lowest BCUT2D eigenvalue weighted by molar-refractivity contribution is 0.0697. The van der Waals surface area contributed by atoms with Crippen molar-refractivity contribution in [3.8, 4) is 0 Å². The average molecular weight is 284 g/mol. The molecule has 6 nitrogen and oxygen atoms in total. The molecule has 0 bridgehead atoms. The second-order valence-corrected chi connectivity index (χ2v) is 4.48. The lowest BCUT2D eigenvalue weighted by Gasteiger charge is -2.19. The molecule has 0 saturated carbocycles. The number of aromatic carboxylic acids is 1. The van der Waals surface area contributed by atoms with Gasteiger partial charge in [0.1, 0.15) is 5.82 Å². The number of aliphatic hydroxyl groups excluding tert-OH is 1. The van der Waals surface area contributed by atoms with Crippen LogP contribution in [0.3, 0.4) is 0 Å². The first-order chi connectivity index (χ1) is 9.31. The third kappa shape index (κ3) is 4.51. The highest BCUT2D eigenvalue weighted by Gasteiger charge is 2.16. The van der Waals surface area contributed by atoms with Crippen LogP contribution in [0.15, 0.2) is 18.2 Å². The normalized spacial score (nSPS) is 11.8. The van der Waals surface area contributed by atoms with E-state index in [2.05, 4.69) is 5.32 Å². The number of carboxylic acid groups (broad SMARTS) is 1. The SMILES string of the molecule is CC(O)CCN(C)C(=O)Nc1ccc(F)cc1C(=O)O. The minimum atomic E-state index is -1.33. The van der Waals surface area contributed by atoms with Gasteiger partial charge in [-0.15, -0.1) is 0 Å². The maximum atomic E-state index is 13.0. The predicted octanol–water partition coefficient (Wildman–Crippen LogP) is 1.76. The van der Waals surface area contributed by atoms with Gasteiger partial charge in [-0.2, -0.15) is 0 Å². The minimum Gasteiger partial charge on any atom is -0.478 e. The number of aliphatic hydroxyl groups is 1. The van der Waals surface area contributed by atoms with Crippen molar-refractivity contribution in [1.29, 1.82) is 0 Å². The Morgan fingerprint density at radius 3 is 2.65 bits per heavy atom. The van der Waals surface area contributed by atoms with Crippen LogP contribution >= 0.6 is 0 Å². The number of rotatable bonds is 5. The summed E-state index contributed by atoms with van der Waals surface area (Å²) >= 11 is 0. The maximum Gasteiger partial charge on any atom is 0.337 e. The Kier molecular flexibility index (Phi) is 5.45. The van der Waals surface area contributed by atoms with E-state index in [9.17, 15) is 14.0 Å². The van der Waals surface area contributed by atoms with Crippen molar-refractivity contribution < 1.29 is 24.2 Å². The van der Waals surface area contributed by atoms with Crippen molar-refractivity contribution in [2.24, 2.45) is 0 Å². The first-order valence-electron chi connectivity index (χ1n) is 6.04. The summed E-state index contributed by atoms with van der Waals surface area (Å²) in [7, 11) is 1.52. The van der Waals surface area contributed by atoms with Gasteiger partial charge >= 0.3 is 12.0 Å². The zero-order chi connectivity index (χ0) is 15.3. The quantitative estimate of drug-likeness (QED) is 0.768. The molecule has 20 heavy (non-hydrogen) atoms. The third-order valence-electron chi connectivity index (χ3n) is 2.68. The molecule has 1 unspecified atom stereocenters. The van der Waals surface area contributed by atoms with Crippen LogP contribution in [0.5, 0.6) is 0 Å². The number of amides is 2. The predicted molar refractivity (Wildman–Crippen MR) is 71.3 cm³/mol. The van der Waals surface area contributed by atoms with Gasteiger partial charge in [-0.05, 0) is 31.5 Å². The number of carbonyl (C=O) groups is 2. The summed E-state index contributed by atoms with van der Waals surface area (Å²) in [5.41, 5.74) is -0.296. The van der Waals surface area contributed by atoms with Crippen molar-refractivity contribution >= 4 is 17.7 Å². The zero-order valence-electron chi connectivity index (χ0n) is 11.3. The second-order valence-electron chi connectivity index (χ2n) is 4.48. The Balaban J connectivity index is 2.77. The molecule has 0 fully saturated rings. The lowest BCUT2D eigenvalue weighted by atomic mass is 10.1. The topological polar surface area (TPSA) is 89.9 Å². The molecule has 1 rings (SSSR count). The number of halogens is 1. The Morgan fingerprint density at radius 1 is 1.45 bits per heavy atom. The van der Waals surface area contributed by atoms with Crippen LogP contribution in [0.4, 0.5) is 14.9 Å². The molecule has 0 aromatic heterocycles. The van der Waals surface area contributed by atoms with E-state index in [1.54, 1.807) is 6.92 Å². The van der Waals surface area contributed by atoms with Crippen LogP contribution in [-0.4, -0.2) is 46.8 Å². The summed E-state index contributed by atoms with van der Waals surface area (Å²) in [6.45, 7) is 1.92. The van der Waals surface area contributed by atoms with E-state index < -0.39 is 23.9 Å². The number of hydrogen-bond acceptors (Lipinski definition) is 3. The molecule has 1 atom stereocenters. The van der Waals surface area contributed by atoms with Crippen molar-refractivity contribution in [3.05, 3.63) is 29.6 Å². The highest BCUT2D eigenvalue weighted by Crippen LogP contribution is 2.17. The summed E-state index contributed by atoms with van der Waals surface area (Å²) in [5, 5.41) is 20.5. The number of carboxylic acids is 1. The van der Waals surface area contributed by atoms with Crippen LogP contribution in [0.2, 0.25) is 0 Å². The molecule has 3 N–H and O–H groups in total. The highest BCUT2D eigenvalue weighted by molar-refractivity contribution is 5.99. The Hall–Kier alpha value is -2.15. The van der Waals surface area contributed by atoms with Crippen molar-refractivity contribution in [1.82, 2.24) is 4.90 Å². The Labute approximate surface area is 115 Å². The molecule has 7 heteroatoms. The lowest BCUT2D eigenvalue weighted by Crippen LogP contribution is -2.33.